The van der Waals surface area contributed by atoms with Crippen LogP contribution in [-0.2, 0) is 14.3 Å². The Balaban J connectivity index is 2.03. The zero-order valence-electron chi connectivity index (χ0n) is 4.37. The highest BCUT2D eigenvalue weighted by Gasteiger charge is 2.30. The van der Waals surface area contributed by atoms with Crippen molar-refractivity contribution >= 4 is 8.15 Å². The Kier molecular flexibility index (Phi) is 1.23. The molecular formula is C4H7O3P. The Morgan fingerprint density at radius 2 is 2.50 bits per heavy atom. The highest BCUT2D eigenvalue weighted by molar-refractivity contribution is 7.52. The summed E-state index contributed by atoms with van der Waals surface area (Å²) in [5.74, 6) is 0. The van der Waals surface area contributed by atoms with Gasteiger partial charge in [-0.1, -0.05) is 0 Å². The molecule has 0 spiro atoms. The summed E-state index contributed by atoms with van der Waals surface area (Å²) in [6.07, 6.45) is 2.90. The smallest absolute Gasteiger partial charge is 0.192 e. The summed E-state index contributed by atoms with van der Waals surface area (Å²) in [5.41, 5.74) is 0. The molecule has 0 saturated carbocycles. The average molecular weight is 134 g/mol. The topological polar surface area (TPSA) is 27.7 Å². The molecule has 3 rings (SSSR count). The van der Waals surface area contributed by atoms with Crippen LogP contribution in [0.5, 0.6) is 0 Å². The van der Waals surface area contributed by atoms with E-state index < -0.39 is 0 Å². The molecule has 3 saturated heterocycles. The fraction of sp³-hybridized carbons (Fsp3) is 1.00. The van der Waals surface area contributed by atoms with E-state index in [9.17, 15) is 0 Å². The maximum absolute atomic E-state index is 5.16. The molecule has 3 nitrogen and oxygen atoms in total. The van der Waals surface area contributed by atoms with E-state index in [1.807, 2.05) is 0 Å². The molecule has 0 N–H and O–H groups in total. The predicted molar refractivity (Wildman–Crippen MR) is 28.3 cm³/mol. The molecule has 3 aliphatic heterocycles. The molecule has 0 aromatic heterocycles. The van der Waals surface area contributed by atoms with Gasteiger partial charge in [-0.25, -0.2) is 9.56 Å². The largest absolute Gasteiger partial charge is 0.343 e. The summed E-state index contributed by atoms with van der Waals surface area (Å²) in [6.45, 7) is 0. The van der Waals surface area contributed by atoms with Gasteiger partial charge in [0.15, 0.2) is 6.29 Å². The van der Waals surface area contributed by atoms with Crippen LogP contribution in [0.3, 0.4) is 0 Å². The molecule has 8 heavy (non-hydrogen) atoms. The summed E-state index contributed by atoms with van der Waals surface area (Å²) < 4.78 is 10.1. The first-order valence-corrected chi connectivity index (χ1v) is 4.28. The van der Waals surface area contributed by atoms with Crippen molar-refractivity contribution in [3.63, 3.8) is 0 Å². The molecule has 3 fully saturated rings. The van der Waals surface area contributed by atoms with Crippen LogP contribution in [0.4, 0.5) is 0 Å². The van der Waals surface area contributed by atoms with Gasteiger partial charge < -0.3 is 4.74 Å². The number of hydrogen-bond acceptors (Lipinski definition) is 3. The van der Waals surface area contributed by atoms with Gasteiger partial charge in [0.05, 0.1) is 14.5 Å². The van der Waals surface area contributed by atoms with E-state index in [4.69, 9.17) is 14.3 Å². The summed E-state index contributed by atoms with van der Waals surface area (Å²) in [6, 6.07) is 0. The lowest BCUT2D eigenvalue weighted by atomic mass is 10.5. The predicted octanol–water partition coefficient (Wildman–Crippen LogP) is 1.05. The van der Waals surface area contributed by atoms with Crippen molar-refractivity contribution in [1.29, 1.82) is 0 Å². The van der Waals surface area contributed by atoms with Crippen LogP contribution in [0.25, 0.3) is 0 Å². The van der Waals surface area contributed by atoms with Crippen LogP contribution in [0, 0.1) is 0 Å². The van der Waals surface area contributed by atoms with Gasteiger partial charge in [-0.15, -0.1) is 0 Å². The monoisotopic (exact) mass is 134 g/mol. The van der Waals surface area contributed by atoms with Crippen molar-refractivity contribution in [1.82, 2.24) is 0 Å². The van der Waals surface area contributed by atoms with Gasteiger partial charge in [0.2, 0.25) is 0 Å². The van der Waals surface area contributed by atoms with Crippen LogP contribution >= 0.6 is 8.15 Å². The molecular weight excluding hydrogens is 127 g/mol. The van der Waals surface area contributed by atoms with Gasteiger partial charge in [-0.2, -0.15) is 0 Å². The van der Waals surface area contributed by atoms with E-state index in [1.165, 1.54) is 0 Å². The van der Waals surface area contributed by atoms with Crippen LogP contribution in [-0.4, -0.2) is 18.8 Å². The van der Waals surface area contributed by atoms with Gasteiger partial charge in [-0.05, 0) is 0 Å². The molecule has 0 aromatic rings. The minimum Gasteiger partial charge on any atom is -0.343 e. The summed E-state index contributed by atoms with van der Waals surface area (Å²) >= 11 is 0. The van der Waals surface area contributed by atoms with Crippen LogP contribution in [0.15, 0.2) is 0 Å². The Morgan fingerprint density at radius 1 is 1.50 bits per heavy atom. The second-order valence-electron chi connectivity index (χ2n) is 1.89. The molecule has 3 aliphatic rings. The fourth-order valence-electron chi connectivity index (χ4n) is 0.807. The molecule has 0 aromatic carbocycles. The zero-order valence-corrected chi connectivity index (χ0v) is 5.27. The molecule has 2 atom stereocenters. The maximum Gasteiger partial charge on any atom is 0.192 e. The minimum absolute atomic E-state index is 0.0532. The third-order valence-electron chi connectivity index (χ3n) is 1.27. The SMILES string of the molecule is C1CP2COC1OO2. The van der Waals surface area contributed by atoms with E-state index in [-0.39, 0.29) is 14.4 Å². The van der Waals surface area contributed by atoms with Crippen molar-refractivity contribution in [2.24, 2.45) is 0 Å². The molecule has 0 amide bonds. The van der Waals surface area contributed by atoms with Gasteiger partial charge in [0.25, 0.3) is 0 Å². The standard InChI is InChI=1S/C4H7O3P/c1-2-8-3-5-4(1)6-7-8/h4H,1-3H2. The van der Waals surface area contributed by atoms with E-state index >= 15 is 0 Å². The van der Waals surface area contributed by atoms with E-state index in [0.717, 1.165) is 18.9 Å². The normalized spacial score (nSPS) is 45.0. The van der Waals surface area contributed by atoms with Crippen LogP contribution in [0.2, 0.25) is 0 Å². The highest BCUT2D eigenvalue weighted by Crippen LogP contribution is 2.47. The second kappa shape index (κ2) is 1.92. The van der Waals surface area contributed by atoms with Crippen molar-refractivity contribution in [3.05, 3.63) is 0 Å². The van der Waals surface area contributed by atoms with Crippen molar-refractivity contribution in [3.8, 4) is 0 Å². The molecule has 2 unspecified atom stereocenters. The maximum atomic E-state index is 5.16. The summed E-state index contributed by atoms with van der Waals surface area (Å²) in [7, 11) is -0.348. The van der Waals surface area contributed by atoms with E-state index in [2.05, 4.69) is 0 Å². The molecule has 0 radical (unpaired) electrons. The fourth-order valence-corrected chi connectivity index (χ4v) is 2.10. The van der Waals surface area contributed by atoms with Crippen molar-refractivity contribution in [2.75, 3.05) is 12.5 Å². The van der Waals surface area contributed by atoms with Gasteiger partial charge >= 0.3 is 0 Å². The number of rotatable bonds is 0. The Hall–Kier alpha value is 0.310. The Bertz CT molecular complexity index is 66.3. The third-order valence-corrected chi connectivity index (χ3v) is 2.77. The first-order valence-electron chi connectivity index (χ1n) is 2.65. The van der Waals surface area contributed by atoms with E-state index in [1.54, 1.807) is 0 Å². The number of hydrogen-bond donors (Lipinski definition) is 0. The number of ether oxygens (including phenoxy) is 1. The first-order chi connectivity index (χ1) is 3.95. The minimum atomic E-state index is -0.348. The molecule has 3 heterocycles. The van der Waals surface area contributed by atoms with Crippen molar-refractivity contribution < 1.29 is 14.3 Å². The molecule has 0 aliphatic carbocycles. The second-order valence-corrected chi connectivity index (χ2v) is 3.71. The number of fused-ring (bicyclic) bond motifs is 3. The summed E-state index contributed by atoms with van der Waals surface area (Å²) in [5, 5.41) is 0. The lowest BCUT2D eigenvalue weighted by Crippen LogP contribution is -2.29. The van der Waals surface area contributed by atoms with E-state index in [0.29, 0.717) is 0 Å². The third kappa shape index (κ3) is 0.759. The lowest BCUT2D eigenvalue weighted by Gasteiger charge is -2.33. The summed E-state index contributed by atoms with van der Waals surface area (Å²) in [4.78, 5) is 4.78. The molecule has 46 valence electrons. The molecule has 2 bridgehead atoms. The van der Waals surface area contributed by atoms with Gasteiger partial charge in [0.1, 0.15) is 0 Å². The zero-order chi connectivity index (χ0) is 5.40. The van der Waals surface area contributed by atoms with Crippen LogP contribution < -0.4 is 0 Å². The lowest BCUT2D eigenvalue weighted by molar-refractivity contribution is -0.339. The Labute approximate surface area is 48.7 Å². The van der Waals surface area contributed by atoms with Gasteiger partial charge in [-0.3, -0.25) is 0 Å². The Morgan fingerprint density at radius 3 is 2.62 bits per heavy atom. The highest BCUT2D eigenvalue weighted by atomic mass is 31.1. The van der Waals surface area contributed by atoms with Crippen molar-refractivity contribution in [2.45, 2.75) is 12.7 Å². The quantitative estimate of drug-likeness (QED) is 0.366. The van der Waals surface area contributed by atoms with Crippen LogP contribution in [0.1, 0.15) is 6.42 Å². The molecule has 4 heteroatoms. The van der Waals surface area contributed by atoms with Gasteiger partial charge in [0, 0.05) is 12.6 Å². The average Bonchev–Trinajstić information content (AvgIpc) is 1.92. The first kappa shape index (κ1) is 5.12.